The van der Waals surface area contributed by atoms with E-state index in [4.69, 9.17) is 9.47 Å². The SMILES string of the molecule is COc1cnc(OC2CCN(Cc3nc4ccccc4[nH]3)CC2)nc1. The van der Waals surface area contributed by atoms with Crippen LogP contribution in [0.15, 0.2) is 36.7 Å². The topological polar surface area (TPSA) is 76.2 Å². The minimum atomic E-state index is 0.153. The van der Waals surface area contributed by atoms with Crippen LogP contribution in [0.2, 0.25) is 0 Å². The molecule has 0 saturated carbocycles. The number of methoxy groups -OCH3 is 1. The Morgan fingerprint density at radius 2 is 1.92 bits per heavy atom. The molecule has 130 valence electrons. The lowest BCUT2D eigenvalue weighted by Gasteiger charge is -2.30. The first kappa shape index (κ1) is 15.8. The molecule has 0 amide bonds. The van der Waals surface area contributed by atoms with Crippen molar-refractivity contribution in [2.24, 2.45) is 0 Å². The molecule has 25 heavy (non-hydrogen) atoms. The largest absolute Gasteiger partial charge is 0.494 e. The number of ether oxygens (including phenoxy) is 2. The highest BCUT2D eigenvalue weighted by molar-refractivity contribution is 5.74. The summed E-state index contributed by atoms with van der Waals surface area (Å²) in [5, 5.41) is 0. The number of nitrogens with one attached hydrogen (secondary N) is 1. The maximum atomic E-state index is 5.87. The van der Waals surface area contributed by atoms with E-state index in [9.17, 15) is 0 Å². The molecular weight excluding hydrogens is 318 g/mol. The summed E-state index contributed by atoms with van der Waals surface area (Å²) in [7, 11) is 1.59. The minimum Gasteiger partial charge on any atom is -0.494 e. The van der Waals surface area contributed by atoms with Gasteiger partial charge in [0.2, 0.25) is 0 Å². The third-order valence-corrected chi connectivity index (χ3v) is 4.46. The van der Waals surface area contributed by atoms with Gasteiger partial charge in [0.15, 0.2) is 5.75 Å². The molecule has 4 rings (SSSR count). The average Bonchev–Trinajstić information content (AvgIpc) is 3.06. The molecule has 0 aliphatic carbocycles. The number of para-hydroxylation sites is 2. The summed E-state index contributed by atoms with van der Waals surface area (Å²) in [5.41, 5.74) is 2.11. The molecule has 0 unspecified atom stereocenters. The van der Waals surface area contributed by atoms with Crippen LogP contribution in [-0.2, 0) is 6.54 Å². The molecule has 1 saturated heterocycles. The first-order valence-corrected chi connectivity index (χ1v) is 8.49. The van der Waals surface area contributed by atoms with Gasteiger partial charge < -0.3 is 14.5 Å². The van der Waals surface area contributed by atoms with E-state index in [1.165, 1.54) is 0 Å². The van der Waals surface area contributed by atoms with Crippen molar-refractivity contribution in [3.63, 3.8) is 0 Å². The van der Waals surface area contributed by atoms with Crippen molar-refractivity contribution >= 4 is 11.0 Å². The maximum Gasteiger partial charge on any atom is 0.316 e. The van der Waals surface area contributed by atoms with Gasteiger partial charge in [-0.1, -0.05) is 12.1 Å². The monoisotopic (exact) mass is 339 g/mol. The lowest BCUT2D eigenvalue weighted by atomic mass is 10.1. The van der Waals surface area contributed by atoms with E-state index in [1.807, 2.05) is 18.2 Å². The number of piperidine rings is 1. The Morgan fingerprint density at radius 3 is 2.64 bits per heavy atom. The van der Waals surface area contributed by atoms with Crippen LogP contribution in [0.1, 0.15) is 18.7 Å². The van der Waals surface area contributed by atoms with E-state index in [2.05, 4.69) is 30.9 Å². The van der Waals surface area contributed by atoms with E-state index >= 15 is 0 Å². The van der Waals surface area contributed by atoms with Crippen LogP contribution in [0.4, 0.5) is 0 Å². The standard InChI is InChI=1S/C18H21N5O2/c1-24-14-10-19-18(20-11-14)25-13-6-8-23(9-7-13)12-17-21-15-4-2-3-5-16(15)22-17/h2-5,10-11,13H,6-9,12H2,1H3,(H,21,22). The molecule has 7 heteroatoms. The van der Waals surface area contributed by atoms with E-state index in [0.29, 0.717) is 11.8 Å². The van der Waals surface area contributed by atoms with E-state index in [0.717, 1.165) is 49.3 Å². The molecule has 1 aliphatic heterocycles. The Kier molecular flexibility index (Phi) is 4.47. The van der Waals surface area contributed by atoms with Crippen LogP contribution in [0.5, 0.6) is 11.8 Å². The second-order valence-corrected chi connectivity index (χ2v) is 6.20. The number of hydrogen-bond acceptors (Lipinski definition) is 6. The van der Waals surface area contributed by atoms with Gasteiger partial charge in [0.1, 0.15) is 11.9 Å². The molecular formula is C18H21N5O2. The Bertz CT molecular complexity index is 792. The number of imidazole rings is 1. The number of benzene rings is 1. The highest BCUT2D eigenvalue weighted by atomic mass is 16.5. The van der Waals surface area contributed by atoms with E-state index in [1.54, 1.807) is 19.5 Å². The van der Waals surface area contributed by atoms with Gasteiger partial charge in [0.05, 0.1) is 37.1 Å². The predicted molar refractivity (Wildman–Crippen MR) is 93.6 cm³/mol. The molecule has 1 aromatic carbocycles. The van der Waals surface area contributed by atoms with Crippen molar-refractivity contribution in [2.45, 2.75) is 25.5 Å². The number of nitrogens with zero attached hydrogens (tertiary/aromatic N) is 4. The zero-order chi connectivity index (χ0) is 17.1. The average molecular weight is 339 g/mol. The van der Waals surface area contributed by atoms with Crippen LogP contribution < -0.4 is 9.47 Å². The molecule has 1 aliphatic rings. The van der Waals surface area contributed by atoms with Crippen molar-refractivity contribution in [3.8, 4) is 11.8 Å². The van der Waals surface area contributed by atoms with Crippen LogP contribution in [0.25, 0.3) is 11.0 Å². The fourth-order valence-corrected chi connectivity index (χ4v) is 3.10. The number of likely N-dealkylation sites (tertiary alicyclic amines) is 1. The Morgan fingerprint density at radius 1 is 1.16 bits per heavy atom. The number of aromatic amines is 1. The first-order chi connectivity index (χ1) is 12.3. The molecule has 0 atom stereocenters. The van der Waals surface area contributed by atoms with Crippen molar-refractivity contribution in [1.29, 1.82) is 0 Å². The lowest BCUT2D eigenvalue weighted by molar-refractivity contribution is 0.0879. The summed E-state index contributed by atoms with van der Waals surface area (Å²) in [5.74, 6) is 1.65. The highest BCUT2D eigenvalue weighted by Gasteiger charge is 2.22. The van der Waals surface area contributed by atoms with E-state index in [-0.39, 0.29) is 6.10 Å². The molecule has 3 aromatic rings. The lowest BCUT2D eigenvalue weighted by Crippen LogP contribution is -2.38. The van der Waals surface area contributed by atoms with Crippen LogP contribution in [0.3, 0.4) is 0 Å². The summed E-state index contributed by atoms with van der Waals surface area (Å²) in [4.78, 5) is 18.8. The second-order valence-electron chi connectivity index (χ2n) is 6.20. The van der Waals surface area contributed by atoms with Gasteiger partial charge in [-0.25, -0.2) is 4.98 Å². The van der Waals surface area contributed by atoms with Gasteiger partial charge in [0, 0.05) is 13.1 Å². The number of H-pyrrole nitrogens is 1. The zero-order valence-electron chi connectivity index (χ0n) is 14.2. The summed E-state index contributed by atoms with van der Waals surface area (Å²) < 4.78 is 10.9. The molecule has 1 fully saturated rings. The Balaban J connectivity index is 1.30. The van der Waals surface area contributed by atoms with Gasteiger partial charge in [-0.15, -0.1) is 0 Å². The third kappa shape index (κ3) is 3.71. The van der Waals surface area contributed by atoms with Crippen LogP contribution >= 0.6 is 0 Å². The molecule has 1 N–H and O–H groups in total. The van der Waals surface area contributed by atoms with Crippen molar-refractivity contribution in [2.75, 3.05) is 20.2 Å². The quantitative estimate of drug-likeness (QED) is 0.769. The Labute approximate surface area is 146 Å². The van der Waals surface area contributed by atoms with Crippen molar-refractivity contribution < 1.29 is 9.47 Å². The molecule has 7 nitrogen and oxygen atoms in total. The van der Waals surface area contributed by atoms with E-state index < -0.39 is 0 Å². The number of rotatable bonds is 5. The highest BCUT2D eigenvalue weighted by Crippen LogP contribution is 2.19. The summed E-state index contributed by atoms with van der Waals surface area (Å²) >= 11 is 0. The molecule has 2 aromatic heterocycles. The molecule has 0 radical (unpaired) electrons. The number of fused-ring (bicyclic) bond motifs is 1. The Hall–Kier alpha value is -2.67. The molecule has 3 heterocycles. The fraction of sp³-hybridized carbons (Fsp3) is 0.389. The number of hydrogen-bond donors (Lipinski definition) is 1. The minimum absolute atomic E-state index is 0.153. The summed E-state index contributed by atoms with van der Waals surface area (Å²) in [6.45, 7) is 2.77. The zero-order valence-corrected chi connectivity index (χ0v) is 14.2. The first-order valence-electron chi connectivity index (χ1n) is 8.49. The fourth-order valence-electron chi connectivity index (χ4n) is 3.10. The maximum absolute atomic E-state index is 5.87. The van der Waals surface area contributed by atoms with Gasteiger partial charge in [-0.3, -0.25) is 4.90 Å². The van der Waals surface area contributed by atoms with Crippen LogP contribution in [-0.4, -0.2) is 51.1 Å². The van der Waals surface area contributed by atoms with Crippen LogP contribution in [0, 0.1) is 0 Å². The van der Waals surface area contributed by atoms with Crippen molar-refractivity contribution in [1.82, 2.24) is 24.8 Å². The second kappa shape index (κ2) is 7.06. The molecule has 0 bridgehead atoms. The van der Waals surface area contributed by atoms with Gasteiger partial charge in [0.25, 0.3) is 0 Å². The smallest absolute Gasteiger partial charge is 0.316 e. The third-order valence-electron chi connectivity index (χ3n) is 4.46. The summed E-state index contributed by atoms with van der Waals surface area (Å²) in [6, 6.07) is 8.53. The predicted octanol–water partition coefficient (Wildman–Crippen LogP) is 2.40. The van der Waals surface area contributed by atoms with Gasteiger partial charge >= 0.3 is 6.01 Å². The van der Waals surface area contributed by atoms with Gasteiger partial charge in [-0.2, -0.15) is 9.97 Å². The number of aromatic nitrogens is 4. The van der Waals surface area contributed by atoms with Gasteiger partial charge in [-0.05, 0) is 25.0 Å². The summed E-state index contributed by atoms with van der Waals surface area (Å²) in [6.07, 6.45) is 5.31. The molecule has 0 spiro atoms. The van der Waals surface area contributed by atoms with Crippen molar-refractivity contribution in [3.05, 3.63) is 42.5 Å². The normalized spacial score (nSPS) is 16.2.